The van der Waals surface area contributed by atoms with Crippen LogP contribution in [0.3, 0.4) is 0 Å². The molecule has 0 aromatic heterocycles. The first-order chi connectivity index (χ1) is 12.8. The fraction of sp³-hybridized carbons (Fsp3) is 0.650. The summed E-state index contributed by atoms with van der Waals surface area (Å²) in [4.78, 5) is 16.0. The number of piperidine rings is 1. The van der Waals surface area contributed by atoms with Gasteiger partial charge >= 0.3 is 0 Å². The van der Waals surface area contributed by atoms with Crippen LogP contribution in [0.15, 0.2) is 24.3 Å². The van der Waals surface area contributed by atoms with Gasteiger partial charge < -0.3 is 9.80 Å². The highest BCUT2D eigenvalue weighted by atomic mass is 32.2. The Balaban J connectivity index is 1.95. The number of unbranched alkanes of at least 4 members (excludes halogenated alkanes) is 1. The molecule has 1 aliphatic rings. The molecule has 27 heavy (non-hydrogen) atoms. The van der Waals surface area contributed by atoms with Gasteiger partial charge in [0.2, 0.25) is 15.9 Å². The Morgan fingerprint density at radius 3 is 2.41 bits per heavy atom. The molecule has 0 saturated carbocycles. The van der Waals surface area contributed by atoms with Crippen LogP contribution in [0.4, 0.5) is 11.4 Å². The molecule has 0 atom stereocenters. The van der Waals surface area contributed by atoms with Crippen molar-refractivity contribution < 1.29 is 13.2 Å². The average molecular weight is 396 g/mol. The summed E-state index contributed by atoms with van der Waals surface area (Å²) in [5, 5.41) is 0. The van der Waals surface area contributed by atoms with Gasteiger partial charge in [0.15, 0.2) is 0 Å². The molecule has 0 radical (unpaired) electrons. The number of hydrogen-bond acceptors (Lipinski definition) is 4. The number of hydrogen-bond donors (Lipinski definition) is 1. The summed E-state index contributed by atoms with van der Waals surface area (Å²) in [6.07, 6.45) is 3.89. The third-order valence-electron chi connectivity index (χ3n) is 5.11. The van der Waals surface area contributed by atoms with Crippen molar-refractivity contribution in [3.8, 4) is 0 Å². The molecule has 1 amide bonds. The summed E-state index contributed by atoms with van der Waals surface area (Å²) in [5.74, 6) is 0.823. The zero-order valence-electron chi connectivity index (χ0n) is 16.8. The van der Waals surface area contributed by atoms with Gasteiger partial charge in [0.05, 0.1) is 5.75 Å². The summed E-state index contributed by atoms with van der Waals surface area (Å²) in [6, 6.07) is 7.99. The summed E-state index contributed by atoms with van der Waals surface area (Å²) >= 11 is 0. The number of rotatable bonds is 9. The van der Waals surface area contributed by atoms with E-state index in [0.29, 0.717) is 13.0 Å². The second-order valence-corrected chi connectivity index (χ2v) is 9.35. The van der Waals surface area contributed by atoms with Gasteiger partial charge in [-0.2, -0.15) is 0 Å². The van der Waals surface area contributed by atoms with E-state index in [-0.39, 0.29) is 18.2 Å². The van der Waals surface area contributed by atoms with Crippen molar-refractivity contribution in [1.82, 2.24) is 4.72 Å². The third kappa shape index (κ3) is 6.81. The average Bonchev–Trinajstić information content (AvgIpc) is 2.64. The largest absolute Gasteiger partial charge is 0.372 e. The quantitative estimate of drug-likeness (QED) is 0.698. The van der Waals surface area contributed by atoms with E-state index in [1.165, 1.54) is 25.5 Å². The van der Waals surface area contributed by atoms with Crippen molar-refractivity contribution in [2.75, 3.05) is 41.7 Å². The second-order valence-electron chi connectivity index (χ2n) is 7.42. The molecule has 0 unspecified atom stereocenters. The Hall–Kier alpha value is -1.60. The minimum Gasteiger partial charge on any atom is -0.372 e. The molecular weight excluding hydrogens is 362 g/mol. The minimum absolute atomic E-state index is 0.0951. The van der Waals surface area contributed by atoms with Crippen molar-refractivity contribution in [1.29, 1.82) is 0 Å². The lowest BCUT2D eigenvalue weighted by molar-refractivity contribution is -0.116. The minimum atomic E-state index is -3.27. The molecule has 7 heteroatoms. The Morgan fingerprint density at radius 2 is 1.85 bits per heavy atom. The van der Waals surface area contributed by atoms with Gasteiger partial charge in [0, 0.05) is 44.5 Å². The molecule has 1 saturated heterocycles. The van der Waals surface area contributed by atoms with Crippen molar-refractivity contribution in [3.05, 3.63) is 24.3 Å². The van der Waals surface area contributed by atoms with E-state index in [1.807, 2.05) is 31.2 Å². The number of amides is 1. The van der Waals surface area contributed by atoms with Crippen LogP contribution in [0, 0.1) is 5.92 Å². The van der Waals surface area contributed by atoms with Crippen molar-refractivity contribution in [2.24, 2.45) is 5.92 Å². The lowest BCUT2D eigenvalue weighted by Gasteiger charge is -2.32. The highest BCUT2D eigenvalue weighted by molar-refractivity contribution is 7.89. The lowest BCUT2D eigenvalue weighted by atomic mass is 9.99. The molecule has 1 N–H and O–H groups in total. The molecule has 0 bridgehead atoms. The molecule has 2 rings (SSSR count). The Kier molecular flexibility index (Phi) is 8.10. The zero-order chi connectivity index (χ0) is 19.9. The first-order valence-electron chi connectivity index (χ1n) is 9.93. The fourth-order valence-corrected chi connectivity index (χ4v) is 4.51. The number of anilines is 2. The maximum absolute atomic E-state index is 12.0. The highest BCUT2D eigenvalue weighted by Crippen LogP contribution is 2.25. The van der Waals surface area contributed by atoms with E-state index < -0.39 is 10.0 Å². The van der Waals surface area contributed by atoms with Gasteiger partial charge in [0.1, 0.15) is 0 Å². The van der Waals surface area contributed by atoms with E-state index >= 15 is 0 Å². The highest BCUT2D eigenvalue weighted by Gasteiger charge is 2.17. The lowest BCUT2D eigenvalue weighted by Crippen LogP contribution is -2.38. The molecule has 6 nitrogen and oxygen atoms in total. The Labute approximate surface area is 164 Å². The van der Waals surface area contributed by atoms with Crippen LogP contribution in [-0.4, -0.2) is 46.3 Å². The van der Waals surface area contributed by atoms with Crippen LogP contribution in [0.25, 0.3) is 0 Å². The van der Waals surface area contributed by atoms with Crippen LogP contribution >= 0.6 is 0 Å². The Morgan fingerprint density at radius 1 is 1.22 bits per heavy atom. The van der Waals surface area contributed by atoms with Crippen LogP contribution in [0.2, 0.25) is 0 Å². The van der Waals surface area contributed by atoms with E-state index in [2.05, 4.69) is 16.5 Å². The van der Waals surface area contributed by atoms with Crippen molar-refractivity contribution in [2.45, 2.75) is 46.5 Å². The standard InChI is InChI=1S/C20H33N3O3S/c1-4-5-16-27(25,26)21-12-15-23(18(3)24)20-8-6-19(7-9-20)22-13-10-17(2)11-14-22/h6-9,17,21H,4-5,10-16H2,1-3H3. The van der Waals surface area contributed by atoms with Gasteiger partial charge in [-0.1, -0.05) is 20.3 Å². The monoisotopic (exact) mass is 395 g/mol. The maximum atomic E-state index is 12.0. The molecule has 1 aliphatic heterocycles. The van der Waals surface area contributed by atoms with E-state index in [0.717, 1.165) is 31.1 Å². The smallest absolute Gasteiger partial charge is 0.223 e. The maximum Gasteiger partial charge on any atom is 0.223 e. The number of sulfonamides is 1. The Bertz CT molecular complexity index is 696. The molecule has 152 valence electrons. The topological polar surface area (TPSA) is 69.7 Å². The van der Waals surface area contributed by atoms with Gasteiger partial charge in [0.25, 0.3) is 0 Å². The number of carbonyl (C=O) groups excluding carboxylic acids is 1. The fourth-order valence-electron chi connectivity index (χ4n) is 3.30. The number of nitrogens with one attached hydrogen (secondary N) is 1. The first kappa shape index (κ1) is 21.7. The van der Waals surface area contributed by atoms with Gasteiger partial charge in [-0.25, -0.2) is 13.1 Å². The number of carbonyl (C=O) groups is 1. The van der Waals surface area contributed by atoms with Crippen LogP contribution in [0.1, 0.15) is 46.5 Å². The zero-order valence-corrected chi connectivity index (χ0v) is 17.6. The normalized spacial score (nSPS) is 15.7. The van der Waals surface area contributed by atoms with Crippen molar-refractivity contribution >= 4 is 27.3 Å². The van der Waals surface area contributed by atoms with Crippen molar-refractivity contribution in [3.63, 3.8) is 0 Å². The number of nitrogens with zero attached hydrogens (tertiary/aromatic N) is 2. The summed E-state index contributed by atoms with van der Waals surface area (Å²) in [7, 11) is -3.27. The van der Waals surface area contributed by atoms with Crippen LogP contribution in [-0.2, 0) is 14.8 Å². The predicted molar refractivity (Wildman–Crippen MR) is 112 cm³/mol. The summed E-state index contributed by atoms with van der Waals surface area (Å²) in [5.41, 5.74) is 1.97. The van der Waals surface area contributed by atoms with E-state index in [4.69, 9.17) is 0 Å². The number of benzene rings is 1. The summed E-state index contributed by atoms with van der Waals surface area (Å²) in [6.45, 7) is 8.43. The third-order valence-corrected chi connectivity index (χ3v) is 6.58. The van der Waals surface area contributed by atoms with E-state index in [1.54, 1.807) is 4.90 Å². The second kappa shape index (κ2) is 10.1. The SMILES string of the molecule is CCCCS(=O)(=O)NCCN(C(C)=O)c1ccc(N2CCC(C)CC2)cc1. The van der Waals surface area contributed by atoms with Crippen LogP contribution < -0.4 is 14.5 Å². The molecule has 1 fully saturated rings. The molecule has 0 aliphatic carbocycles. The predicted octanol–water partition coefficient (Wildman–Crippen LogP) is 3.00. The molecular formula is C20H33N3O3S. The first-order valence-corrected chi connectivity index (χ1v) is 11.6. The molecule has 1 aromatic carbocycles. The summed E-state index contributed by atoms with van der Waals surface area (Å²) < 4.78 is 26.4. The van der Waals surface area contributed by atoms with Gasteiger partial charge in [-0.05, 0) is 49.4 Å². The van der Waals surface area contributed by atoms with Gasteiger partial charge in [-0.15, -0.1) is 0 Å². The van der Waals surface area contributed by atoms with Gasteiger partial charge in [-0.3, -0.25) is 4.79 Å². The molecule has 0 spiro atoms. The van der Waals surface area contributed by atoms with E-state index in [9.17, 15) is 13.2 Å². The molecule has 1 heterocycles. The van der Waals surface area contributed by atoms with Crippen LogP contribution in [0.5, 0.6) is 0 Å². The molecule has 1 aromatic rings.